The second-order valence-electron chi connectivity index (χ2n) is 15.1. The highest BCUT2D eigenvalue weighted by Crippen LogP contribution is 2.11. The van der Waals surface area contributed by atoms with Gasteiger partial charge in [-0.2, -0.15) is 0 Å². The van der Waals surface area contributed by atoms with Gasteiger partial charge in [-0.25, -0.2) is 0 Å². The number of allylic oxidation sites excluding steroid dienone is 4. The Kier molecular flexibility index (Phi) is 49.7. The Morgan fingerprint density at radius 2 is 0.618 bits per heavy atom. The summed E-state index contributed by atoms with van der Waals surface area (Å²) in [5.41, 5.74) is 0. The SMILES string of the molecule is CC(=O)O.CCCCCCCCC=CCCCCCCCC(=O)NCCNCCNCCNCCNC(=O)CCCCCCCC=CCCCCCCCC. The predicted octanol–water partition coefficient (Wildman–Crippen LogP) is 10.2. The van der Waals surface area contributed by atoms with Gasteiger partial charge in [0.15, 0.2) is 0 Å². The molecule has 0 spiro atoms. The van der Waals surface area contributed by atoms with Crippen LogP contribution < -0.4 is 26.6 Å². The number of hydrogen-bond acceptors (Lipinski definition) is 6. The lowest BCUT2D eigenvalue weighted by atomic mass is 10.1. The Balaban J connectivity index is 0. The minimum atomic E-state index is -0.833. The summed E-state index contributed by atoms with van der Waals surface area (Å²) in [4.78, 5) is 33.1. The van der Waals surface area contributed by atoms with E-state index in [0.717, 1.165) is 71.9 Å². The highest BCUT2D eigenvalue weighted by atomic mass is 16.4. The molecule has 0 aromatic heterocycles. The first-order chi connectivity index (χ1) is 26.9. The average Bonchev–Trinajstić information content (AvgIpc) is 3.16. The van der Waals surface area contributed by atoms with Gasteiger partial charge in [-0.15, -0.1) is 0 Å². The van der Waals surface area contributed by atoms with Crippen LogP contribution >= 0.6 is 0 Å². The number of aliphatic carboxylic acids is 1. The van der Waals surface area contributed by atoms with E-state index >= 15 is 0 Å². The molecule has 0 saturated carbocycles. The van der Waals surface area contributed by atoms with Crippen LogP contribution in [0.5, 0.6) is 0 Å². The predicted molar refractivity (Wildman–Crippen MR) is 237 cm³/mol. The van der Waals surface area contributed by atoms with Gasteiger partial charge in [-0.1, -0.05) is 141 Å². The quantitative estimate of drug-likeness (QED) is 0.0269. The molecule has 9 nitrogen and oxygen atoms in total. The normalized spacial score (nSPS) is 11.3. The lowest BCUT2D eigenvalue weighted by Gasteiger charge is -2.09. The highest BCUT2D eigenvalue weighted by Gasteiger charge is 2.02. The fourth-order valence-electron chi connectivity index (χ4n) is 6.20. The summed E-state index contributed by atoms with van der Waals surface area (Å²) in [6, 6.07) is 0. The largest absolute Gasteiger partial charge is 0.481 e. The molecule has 0 bridgehead atoms. The molecule has 0 heterocycles. The summed E-state index contributed by atoms with van der Waals surface area (Å²) < 4.78 is 0. The van der Waals surface area contributed by atoms with E-state index in [9.17, 15) is 9.59 Å². The molecule has 324 valence electrons. The van der Waals surface area contributed by atoms with Crippen LogP contribution in [0.4, 0.5) is 0 Å². The maximum atomic E-state index is 12.1. The second-order valence-corrected chi connectivity index (χ2v) is 15.1. The lowest BCUT2D eigenvalue weighted by Crippen LogP contribution is -2.37. The third kappa shape index (κ3) is 56.2. The van der Waals surface area contributed by atoms with Crippen LogP contribution in [-0.2, 0) is 14.4 Å². The Labute approximate surface area is 340 Å². The maximum Gasteiger partial charge on any atom is 0.300 e. The molecule has 6 N–H and O–H groups in total. The molecule has 0 atom stereocenters. The number of carbonyl (C=O) groups is 3. The molecule has 0 aliphatic rings. The topological polar surface area (TPSA) is 132 Å². The molecular formula is C46H91N5O4. The maximum absolute atomic E-state index is 12.1. The van der Waals surface area contributed by atoms with Crippen molar-refractivity contribution in [3.63, 3.8) is 0 Å². The van der Waals surface area contributed by atoms with Crippen LogP contribution in [0.2, 0.25) is 0 Å². The van der Waals surface area contributed by atoms with Gasteiger partial charge >= 0.3 is 0 Å². The molecule has 0 aromatic rings. The third-order valence-corrected chi connectivity index (χ3v) is 9.54. The van der Waals surface area contributed by atoms with E-state index in [1.54, 1.807) is 0 Å². The summed E-state index contributed by atoms with van der Waals surface area (Å²) in [7, 11) is 0. The monoisotopic (exact) mass is 778 g/mol. The molecule has 9 heteroatoms. The average molecular weight is 778 g/mol. The molecule has 55 heavy (non-hydrogen) atoms. The van der Waals surface area contributed by atoms with Gasteiger partial charge in [0, 0.05) is 72.1 Å². The number of unbranched alkanes of at least 4 members (excludes halogenated alkanes) is 22. The van der Waals surface area contributed by atoms with Crippen LogP contribution in [0.25, 0.3) is 0 Å². The van der Waals surface area contributed by atoms with Crippen molar-refractivity contribution in [2.45, 2.75) is 201 Å². The standard InChI is InChI=1S/C44H87N5O2.C2H4O2/c1-3-5-7-9-11-13-15-17-19-21-23-25-27-29-31-33-43(50)48-41-39-46-37-35-45-36-38-47-40-42-49-44(51)34-32-30-28-26-24-22-20-18-16-14-12-10-8-6-4-2;1-2(3)4/h17-20,45-47H,3-16,21-42H2,1-2H3,(H,48,50)(H,49,51);1H3,(H,3,4). The minimum absolute atomic E-state index is 0.179. The minimum Gasteiger partial charge on any atom is -0.481 e. The van der Waals surface area contributed by atoms with Gasteiger partial charge < -0.3 is 31.7 Å². The summed E-state index contributed by atoms with van der Waals surface area (Å²) in [6.45, 7) is 12.2. The van der Waals surface area contributed by atoms with Crippen molar-refractivity contribution in [3.05, 3.63) is 24.3 Å². The van der Waals surface area contributed by atoms with Gasteiger partial charge in [0.25, 0.3) is 5.97 Å². The smallest absolute Gasteiger partial charge is 0.300 e. The number of nitrogens with one attached hydrogen (secondary N) is 5. The van der Waals surface area contributed by atoms with Crippen LogP contribution in [0.15, 0.2) is 24.3 Å². The van der Waals surface area contributed by atoms with E-state index in [2.05, 4.69) is 64.7 Å². The zero-order valence-electron chi connectivity index (χ0n) is 36.4. The zero-order valence-corrected chi connectivity index (χ0v) is 36.4. The van der Waals surface area contributed by atoms with Gasteiger partial charge in [-0.05, 0) is 64.2 Å². The van der Waals surface area contributed by atoms with Crippen molar-refractivity contribution < 1.29 is 19.5 Å². The Morgan fingerprint density at radius 1 is 0.382 bits per heavy atom. The van der Waals surface area contributed by atoms with Crippen LogP contribution in [0, 0.1) is 0 Å². The molecule has 0 aliphatic heterocycles. The van der Waals surface area contributed by atoms with Crippen LogP contribution in [0.1, 0.15) is 201 Å². The van der Waals surface area contributed by atoms with Gasteiger partial charge in [-0.3, -0.25) is 14.4 Å². The van der Waals surface area contributed by atoms with E-state index in [1.807, 2.05) is 0 Å². The second kappa shape index (κ2) is 49.8. The fourth-order valence-corrected chi connectivity index (χ4v) is 6.20. The molecule has 2 amide bonds. The van der Waals surface area contributed by atoms with Crippen molar-refractivity contribution in [2.75, 3.05) is 52.4 Å². The van der Waals surface area contributed by atoms with Crippen LogP contribution in [-0.4, -0.2) is 75.2 Å². The molecule has 0 rings (SSSR count). The van der Waals surface area contributed by atoms with Crippen molar-refractivity contribution in [2.24, 2.45) is 0 Å². The van der Waals surface area contributed by atoms with E-state index < -0.39 is 5.97 Å². The van der Waals surface area contributed by atoms with Gasteiger partial charge in [0.05, 0.1) is 0 Å². The Morgan fingerprint density at radius 3 is 0.909 bits per heavy atom. The number of carboxylic acid groups (broad SMARTS) is 1. The first kappa shape index (κ1) is 54.9. The van der Waals surface area contributed by atoms with Crippen LogP contribution in [0.3, 0.4) is 0 Å². The fraction of sp³-hybridized carbons (Fsp3) is 0.848. The zero-order chi connectivity index (χ0) is 40.6. The summed E-state index contributed by atoms with van der Waals surface area (Å²) in [5, 5.41) is 23.7. The molecular weight excluding hydrogens is 687 g/mol. The molecule has 0 aliphatic carbocycles. The number of amides is 2. The Hall–Kier alpha value is -2.23. The van der Waals surface area contributed by atoms with Gasteiger partial charge in [0.2, 0.25) is 11.8 Å². The van der Waals surface area contributed by atoms with E-state index in [-0.39, 0.29) is 11.8 Å². The van der Waals surface area contributed by atoms with E-state index in [1.165, 1.54) is 141 Å². The number of hydrogen-bond donors (Lipinski definition) is 6. The number of carboxylic acids is 1. The molecule has 0 radical (unpaired) electrons. The summed E-state index contributed by atoms with van der Waals surface area (Å²) in [6.07, 6.45) is 44.0. The van der Waals surface area contributed by atoms with E-state index in [0.29, 0.717) is 25.9 Å². The first-order valence-electron chi connectivity index (χ1n) is 23.1. The van der Waals surface area contributed by atoms with Gasteiger partial charge in [0.1, 0.15) is 0 Å². The summed E-state index contributed by atoms with van der Waals surface area (Å²) in [5.74, 6) is -0.476. The third-order valence-electron chi connectivity index (χ3n) is 9.54. The molecule has 0 unspecified atom stereocenters. The van der Waals surface area contributed by atoms with Crippen molar-refractivity contribution in [1.29, 1.82) is 0 Å². The number of carbonyl (C=O) groups excluding carboxylic acids is 2. The molecule has 0 aromatic carbocycles. The van der Waals surface area contributed by atoms with Crippen molar-refractivity contribution in [1.82, 2.24) is 26.6 Å². The number of rotatable bonds is 42. The lowest BCUT2D eigenvalue weighted by molar-refractivity contribution is -0.134. The van der Waals surface area contributed by atoms with E-state index in [4.69, 9.17) is 9.90 Å². The summed E-state index contributed by atoms with van der Waals surface area (Å²) >= 11 is 0. The first-order valence-corrected chi connectivity index (χ1v) is 23.1. The highest BCUT2D eigenvalue weighted by molar-refractivity contribution is 5.76. The van der Waals surface area contributed by atoms with Crippen molar-refractivity contribution >= 4 is 17.8 Å². The Bertz CT molecular complexity index is 801. The molecule has 0 saturated heterocycles. The molecule has 0 fully saturated rings. The van der Waals surface area contributed by atoms with Crippen molar-refractivity contribution in [3.8, 4) is 0 Å².